The molecule has 19 heavy (non-hydrogen) atoms. The van der Waals surface area contributed by atoms with Crippen LogP contribution in [0.2, 0.25) is 0 Å². The van der Waals surface area contributed by atoms with Crippen molar-refractivity contribution in [2.24, 2.45) is 0 Å². The zero-order valence-corrected chi connectivity index (χ0v) is 11.9. The third-order valence-corrected chi connectivity index (χ3v) is 3.75. The van der Waals surface area contributed by atoms with Gasteiger partial charge in [-0.2, -0.15) is 5.10 Å². The molecule has 0 atom stereocenters. The number of amides is 1. The highest BCUT2D eigenvalue weighted by Crippen LogP contribution is 2.11. The lowest BCUT2D eigenvalue weighted by molar-refractivity contribution is -0.129. The molecule has 0 unspecified atom stereocenters. The normalized spacial score (nSPS) is 16.8. The Labute approximate surface area is 115 Å². The van der Waals surface area contributed by atoms with Crippen molar-refractivity contribution in [1.82, 2.24) is 20.0 Å². The fraction of sp³-hybridized carbons (Fsp3) is 0.714. The third-order valence-electron chi connectivity index (χ3n) is 3.75. The highest BCUT2D eigenvalue weighted by molar-refractivity contribution is 5.73. The molecule has 0 aromatic carbocycles. The first kappa shape index (κ1) is 14.1. The van der Waals surface area contributed by atoms with E-state index in [2.05, 4.69) is 28.1 Å². The van der Waals surface area contributed by atoms with Crippen molar-refractivity contribution in [2.75, 3.05) is 13.1 Å². The van der Waals surface area contributed by atoms with Gasteiger partial charge in [-0.3, -0.25) is 9.48 Å². The predicted molar refractivity (Wildman–Crippen MR) is 74.6 cm³/mol. The van der Waals surface area contributed by atoms with E-state index in [4.69, 9.17) is 0 Å². The first-order chi connectivity index (χ1) is 9.20. The summed E-state index contributed by atoms with van der Waals surface area (Å²) in [6, 6.07) is 2.59. The van der Waals surface area contributed by atoms with Gasteiger partial charge in [0, 0.05) is 45.3 Å². The van der Waals surface area contributed by atoms with E-state index < -0.39 is 0 Å². The zero-order chi connectivity index (χ0) is 13.7. The summed E-state index contributed by atoms with van der Waals surface area (Å²) in [5, 5.41) is 7.91. The smallest absolute Gasteiger partial charge is 0.219 e. The second-order valence-electron chi connectivity index (χ2n) is 5.21. The maximum Gasteiger partial charge on any atom is 0.219 e. The van der Waals surface area contributed by atoms with Crippen molar-refractivity contribution >= 4 is 5.91 Å². The molecule has 5 nitrogen and oxygen atoms in total. The van der Waals surface area contributed by atoms with Crippen molar-refractivity contribution in [3.8, 4) is 0 Å². The highest BCUT2D eigenvalue weighted by Gasteiger charge is 2.20. The first-order valence-corrected chi connectivity index (χ1v) is 7.20. The lowest BCUT2D eigenvalue weighted by Gasteiger charge is -2.31. The van der Waals surface area contributed by atoms with E-state index in [9.17, 15) is 4.79 Å². The molecule has 106 valence electrons. The Morgan fingerprint density at radius 1 is 1.47 bits per heavy atom. The minimum atomic E-state index is 0.194. The van der Waals surface area contributed by atoms with Crippen LogP contribution in [-0.2, 0) is 17.9 Å². The SMILES string of the molecule is CCCn1nccc1CNC1CCN(C(C)=O)CC1. The van der Waals surface area contributed by atoms with Crippen molar-refractivity contribution < 1.29 is 4.79 Å². The second kappa shape index (κ2) is 6.70. The van der Waals surface area contributed by atoms with Gasteiger partial charge in [0.1, 0.15) is 0 Å². The number of carbonyl (C=O) groups excluding carboxylic acids is 1. The Hall–Kier alpha value is -1.36. The summed E-state index contributed by atoms with van der Waals surface area (Å²) >= 11 is 0. The summed E-state index contributed by atoms with van der Waals surface area (Å²) < 4.78 is 2.07. The van der Waals surface area contributed by atoms with Crippen LogP contribution < -0.4 is 5.32 Å². The van der Waals surface area contributed by atoms with Gasteiger partial charge in [-0.05, 0) is 25.3 Å². The van der Waals surface area contributed by atoms with Gasteiger partial charge in [-0.15, -0.1) is 0 Å². The van der Waals surface area contributed by atoms with Gasteiger partial charge in [0.05, 0.1) is 5.69 Å². The van der Waals surface area contributed by atoms with Crippen LogP contribution in [0.25, 0.3) is 0 Å². The molecule has 0 radical (unpaired) electrons. The van der Waals surface area contributed by atoms with E-state index in [0.717, 1.165) is 45.4 Å². The second-order valence-corrected chi connectivity index (χ2v) is 5.21. The molecule has 1 aromatic heterocycles. The van der Waals surface area contributed by atoms with E-state index in [1.54, 1.807) is 6.92 Å². The number of nitrogens with one attached hydrogen (secondary N) is 1. The minimum Gasteiger partial charge on any atom is -0.343 e. The largest absolute Gasteiger partial charge is 0.343 e. The summed E-state index contributed by atoms with van der Waals surface area (Å²) in [6.07, 6.45) is 5.06. The average molecular weight is 264 g/mol. The molecule has 0 spiro atoms. The lowest BCUT2D eigenvalue weighted by atomic mass is 10.1. The van der Waals surface area contributed by atoms with Gasteiger partial charge in [-0.25, -0.2) is 0 Å². The molecule has 1 aromatic rings. The van der Waals surface area contributed by atoms with Crippen LogP contribution in [0, 0.1) is 0 Å². The van der Waals surface area contributed by atoms with E-state index in [1.807, 2.05) is 11.1 Å². The molecular formula is C14H24N4O. The molecule has 2 rings (SSSR count). The number of rotatable bonds is 5. The standard InChI is InChI=1S/C14H24N4O/c1-3-8-18-14(4-7-16-18)11-15-13-5-9-17(10-6-13)12(2)19/h4,7,13,15H,3,5-6,8-11H2,1-2H3. The summed E-state index contributed by atoms with van der Waals surface area (Å²) in [5.41, 5.74) is 1.25. The van der Waals surface area contributed by atoms with Crippen LogP contribution in [0.15, 0.2) is 12.3 Å². The van der Waals surface area contributed by atoms with Crippen LogP contribution in [0.1, 0.15) is 38.8 Å². The number of aromatic nitrogens is 2. The Kier molecular flexibility index (Phi) is 4.96. The summed E-state index contributed by atoms with van der Waals surface area (Å²) in [7, 11) is 0. The molecule has 1 amide bonds. The van der Waals surface area contributed by atoms with E-state index in [1.165, 1.54) is 5.69 Å². The van der Waals surface area contributed by atoms with Gasteiger partial charge in [0.15, 0.2) is 0 Å². The molecule has 0 bridgehead atoms. The van der Waals surface area contributed by atoms with Crippen LogP contribution in [0.3, 0.4) is 0 Å². The Morgan fingerprint density at radius 2 is 2.21 bits per heavy atom. The molecular weight excluding hydrogens is 240 g/mol. The average Bonchev–Trinajstić information content (AvgIpc) is 2.85. The number of nitrogens with zero attached hydrogens (tertiary/aromatic N) is 3. The highest BCUT2D eigenvalue weighted by atomic mass is 16.2. The van der Waals surface area contributed by atoms with Crippen molar-refractivity contribution in [2.45, 2.75) is 52.2 Å². The summed E-state index contributed by atoms with van der Waals surface area (Å²) in [6.45, 7) is 7.41. The van der Waals surface area contributed by atoms with Gasteiger partial charge >= 0.3 is 0 Å². The summed E-state index contributed by atoms with van der Waals surface area (Å²) in [4.78, 5) is 13.2. The topological polar surface area (TPSA) is 50.2 Å². The minimum absolute atomic E-state index is 0.194. The number of aryl methyl sites for hydroxylation is 1. The van der Waals surface area contributed by atoms with Gasteiger partial charge in [0.25, 0.3) is 0 Å². The fourth-order valence-corrected chi connectivity index (χ4v) is 2.57. The lowest BCUT2D eigenvalue weighted by Crippen LogP contribution is -2.44. The number of hydrogen-bond acceptors (Lipinski definition) is 3. The van der Waals surface area contributed by atoms with Crippen LogP contribution in [0.4, 0.5) is 0 Å². The Morgan fingerprint density at radius 3 is 2.84 bits per heavy atom. The third kappa shape index (κ3) is 3.80. The predicted octanol–water partition coefficient (Wildman–Crippen LogP) is 1.39. The number of piperidine rings is 1. The van der Waals surface area contributed by atoms with E-state index in [0.29, 0.717) is 6.04 Å². The molecule has 0 saturated carbocycles. The molecule has 1 fully saturated rings. The van der Waals surface area contributed by atoms with E-state index >= 15 is 0 Å². The van der Waals surface area contributed by atoms with Crippen LogP contribution in [-0.4, -0.2) is 39.7 Å². The van der Waals surface area contributed by atoms with Gasteiger partial charge in [0.2, 0.25) is 5.91 Å². The van der Waals surface area contributed by atoms with Crippen LogP contribution in [0.5, 0.6) is 0 Å². The summed E-state index contributed by atoms with van der Waals surface area (Å²) in [5.74, 6) is 0.194. The molecule has 1 N–H and O–H groups in total. The number of carbonyl (C=O) groups is 1. The Bertz CT molecular complexity index is 407. The maximum absolute atomic E-state index is 11.3. The zero-order valence-electron chi connectivity index (χ0n) is 11.9. The maximum atomic E-state index is 11.3. The fourth-order valence-electron chi connectivity index (χ4n) is 2.57. The van der Waals surface area contributed by atoms with Gasteiger partial charge < -0.3 is 10.2 Å². The van der Waals surface area contributed by atoms with Crippen molar-refractivity contribution in [3.05, 3.63) is 18.0 Å². The van der Waals surface area contributed by atoms with Crippen molar-refractivity contribution in [3.63, 3.8) is 0 Å². The van der Waals surface area contributed by atoms with Crippen molar-refractivity contribution in [1.29, 1.82) is 0 Å². The molecule has 0 aliphatic carbocycles. The van der Waals surface area contributed by atoms with Crippen LogP contribution >= 0.6 is 0 Å². The van der Waals surface area contributed by atoms with E-state index in [-0.39, 0.29) is 5.91 Å². The number of likely N-dealkylation sites (tertiary alicyclic amines) is 1. The monoisotopic (exact) mass is 264 g/mol. The molecule has 1 saturated heterocycles. The molecule has 1 aliphatic heterocycles. The quantitative estimate of drug-likeness (QED) is 0.874. The molecule has 1 aliphatic rings. The Balaban J connectivity index is 1.77. The first-order valence-electron chi connectivity index (χ1n) is 7.20. The molecule has 5 heteroatoms. The van der Waals surface area contributed by atoms with Gasteiger partial charge in [-0.1, -0.05) is 6.92 Å². The molecule has 2 heterocycles. The number of hydrogen-bond donors (Lipinski definition) is 1.